The molecule has 2 rings (SSSR count). The summed E-state index contributed by atoms with van der Waals surface area (Å²) in [5, 5.41) is 0. The van der Waals surface area contributed by atoms with Gasteiger partial charge in [-0.1, -0.05) is 67.1 Å². The third kappa shape index (κ3) is 2.25. The summed E-state index contributed by atoms with van der Waals surface area (Å²) in [4.78, 5) is 0. The topological polar surface area (TPSA) is 26.0 Å². The molecule has 0 aliphatic heterocycles. The highest BCUT2D eigenvalue weighted by atomic mass is 14.7. The molecule has 1 atom stereocenters. The molecule has 0 fully saturated rings. The number of benzene rings is 2. The van der Waals surface area contributed by atoms with Crippen molar-refractivity contribution < 1.29 is 0 Å². The lowest BCUT2D eigenvalue weighted by Crippen LogP contribution is -2.37. The van der Waals surface area contributed by atoms with Gasteiger partial charge in [0.25, 0.3) is 0 Å². The van der Waals surface area contributed by atoms with E-state index >= 15 is 0 Å². The normalized spacial score (nSPS) is 14.3. The van der Waals surface area contributed by atoms with Crippen LogP contribution in [0.1, 0.15) is 30.0 Å². The van der Waals surface area contributed by atoms with Crippen LogP contribution >= 0.6 is 0 Å². The largest absolute Gasteiger partial charge is 0.318 e. The van der Waals surface area contributed by atoms with E-state index in [4.69, 9.17) is 5.73 Å². The molecule has 2 aromatic rings. The van der Waals surface area contributed by atoms with Gasteiger partial charge in [0, 0.05) is 0 Å². The lowest BCUT2D eigenvalue weighted by Gasteiger charge is -2.29. The maximum atomic E-state index is 6.61. The Labute approximate surface area is 103 Å². The van der Waals surface area contributed by atoms with Crippen molar-refractivity contribution in [1.82, 2.24) is 0 Å². The summed E-state index contributed by atoms with van der Waals surface area (Å²) in [5.41, 5.74) is 9.84. The summed E-state index contributed by atoms with van der Waals surface area (Å²) in [7, 11) is 0. The van der Waals surface area contributed by atoms with Gasteiger partial charge in [0.1, 0.15) is 0 Å². The molecule has 17 heavy (non-hydrogen) atoms. The molecule has 0 bridgehead atoms. The van der Waals surface area contributed by atoms with Crippen LogP contribution in [0.15, 0.2) is 54.6 Å². The van der Waals surface area contributed by atoms with E-state index < -0.39 is 0 Å². The summed E-state index contributed by atoms with van der Waals surface area (Å²) in [5.74, 6) is 0. The molecular formula is C16H19N. The summed E-state index contributed by atoms with van der Waals surface area (Å²) in [6.45, 7) is 4.24. The third-order valence-corrected chi connectivity index (χ3v) is 3.38. The van der Waals surface area contributed by atoms with E-state index in [2.05, 4.69) is 50.2 Å². The number of hydrogen-bond donors (Lipinski definition) is 1. The molecule has 0 amide bonds. The fourth-order valence-electron chi connectivity index (χ4n) is 2.23. The Morgan fingerprint density at radius 2 is 1.59 bits per heavy atom. The number of hydrogen-bond acceptors (Lipinski definition) is 1. The van der Waals surface area contributed by atoms with Crippen molar-refractivity contribution >= 4 is 0 Å². The minimum Gasteiger partial charge on any atom is -0.318 e. The zero-order chi connectivity index (χ0) is 12.3. The first-order chi connectivity index (χ1) is 8.16. The molecule has 0 saturated heterocycles. The Bertz CT molecular complexity index is 490. The van der Waals surface area contributed by atoms with Gasteiger partial charge in [0.2, 0.25) is 0 Å². The van der Waals surface area contributed by atoms with Crippen molar-refractivity contribution in [2.75, 3.05) is 0 Å². The van der Waals surface area contributed by atoms with Crippen LogP contribution in [-0.2, 0) is 5.54 Å². The van der Waals surface area contributed by atoms with Crippen LogP contribution in [0.4, 0.5) is 0 Å². The van der Waals surface area contributed by atoms with Crippen molar-refractivity contribution in [3.8, 4) is 0 Å². The molecule has 0 heterocycles. The average molecular weight is 225 g/mol. The van der Waals surface area contributed by atoms with Crippen LogP contribution in [-0.4, -0.2) is 0 Å². The smallest absolute Gasteiger partial charge is 0.0663 e. The highest BCUT2D eigenvalue weighted by Crippen LogP contribution is 2.30. The first-order valence-electron chi connectivity index (χ1n) is 6.08. The van der Waals surface area contributed by atoms with E-state index in [1.165, 1.54) is 16.7 Å². The lowest BCUT2D eigenvalue weighted by molar-refractivity contribution is 0.518. The molecule has 0 radical (unpaired) electrons. The van der Waals surface area contributed by atoms with Crippen molar-refractivity contribution in [2.45, 2.75) is 25.8 Å². The second kappa shape index (κ2) is 4.72. The molecule has 0 aliphatic carbocycles. The first kappa shape index (κ1) is 11.9. The van der Waals surface area contributed by atoms with E-state index in [1.54, 1.807) is 0 Å². The Hall–Kier alpha value is -1.60. The second-order valence-corrected chi connectivity index (χ2v) is 4.56. The van der Waals surface area contributed by atoms with Crippen LogP contribution in [0.3, 0.4) is 0 Å². The minimum absolute atomic E-state index is 0.382. The molecule has 0 saturated carbocycles. The van der Waals surface area contributed by atoms with Crippen LogP contribution < -0.4 is 5.73 Å². The monoisotopic (exact) mass is 225 g/mol. The fourth-order valence-corrected chi connectivity index (χ4v) is 2.23. The first-order valence-corrected chi connectivity index (χ1v) is 6.08. The number of nitrogens with two attached hydrogens (primary N) is 1. The van der Waals surface area contributed by atoms with E-state index in [0.717, 1.165) is 6.42 Å². The molecule has 0 aromatic heterocycles. The van der Waals surface area contributed by atoms with Gasteiger partial charge in [-0.15, -0.1) is 0 Å². The summed E-state index contributed by atoms with van der Waals surface area (Å²) in [6.07, 6.45) is 0.889. The SMILES string of the molecule is CCC(N)(c1ccccc1)c1cccc(C)c1. The number of rotatable bonds is 3. The highest BCUT2D eigenvalue weighted by molar-refractivity contribution is 5.39. The Morgan fingerprint density at radius 3 is 2.18 bits per heavy atom. The molecule has 0 aliphatic rings. The predicted octanol–water partition coefficient (Wildman–Crippen LogP) is 3.61. The third-order valence-electron chi connectivity index (χ3n) is 3.38. The number of aryl methyl sites for hydroxylation is 1. The van der Waals surface area contributed by atoms with Crippen LogP contribution in [0.5, 0.6) is 0 Å². The molecule has 1 unspecified atom stereocenters. The van der Waals surface area contributed by atoms with Crippen molar-refractivity contribution in [3.63, 3.8) is 0 Å². The van der Waals surface area contributed by atoms with Gasteiger partial charge in [-0.25, -0.2) is 0 Å². The predicted molar refractivity (Wildman–Crippen MR) is 72.9 cm³/mol. The maximum Gasteiger partial charge on any atom is 0.0663 e. The highest BCUT2D eigenvalue weighted by Gasteiger charge is 2.27. The zero-order valence-corrected chi connectivity index (χ0v) is 10.5. The van der Waals surface area contributed by atoms with Crippen molar-refractivity contribution in [2.24, 2.45) is 5.73 Å². The molecule has 1 heteroatoms. The second-order valence-electron chi connectivity index (χ2n) is 4.56. The van der Waals surface area contributed by atoms with E-state index in [1.807, 2.05) is 18.2 Å². The zero-order valence-electron chi connectivity index (χ0n) is 10.5. The minimum atomic E-state index is -0.382. The summed E-state index contributed by atoms with van der Waals surface area (Å²) in [6, 6.07) is 18.8. The van der Waals surface area contributed by atoms with Gasteiger partial charge in [-0.05, 0) is 24.5 Å². The van der Waals surface area contributed by atoms with Gasteiger partial charge >= 0.3 is 0 Å². The lowest BCUT2D eigenvalue weighted by atomic mass is 9.81. The molecule has 88 valence electrons. The Morgan fingerprint density at radius 1 is 0.941 bits per heavy atom. The Kier molecular flexibility index (Phi) is 3.30. The average Bonchev–Trinajstić information content (AvgIpc) is 2.39. The molecular weight excluding hydrogens is 206 g/mol. The van der Waals surface area contributed by atoms with Gasteiger partial charge in [0.15, 0.2) is 0 Å². The van der Waals surface area contributed by atoms with Gasteiger partial charge < -0.3 is 5.73 Å². The van der Waals surface area contributed by atoms with E-state index in [0.29, 0.717) is 0 Å². The van der Waals surface area contributed by atoms with Crippen LogP contribution in [0.25, 0.3) is 0 Å². The molecule has 0 spiro atoms. The maximum absolute atomic E-state index is 6.61. The molecule has 2 aromatic carbocycles. The standard InChI is InChI=1S/C16H19N/c1-3-16(17,14-9-5-4-6-10-14)15-11-7-8-13(2)12-15/h4-12H,3,17H2,1-2H3. The summed E-state index contributed by atoms with van der Waals surface area (Å²) < 4.78 is 0. The Balaban J connectivity index is 2.52. The summed E-state index contributed by atoms with van der Waals surface area (Å²) >= 11 is 0. The van der Waals surface area contributed by atoms with Crippen LogP contribution in [0.2, 0.25) is 0 Å². The van der Waals surface area contributed by atoms with Crippen molar-refractivity contribution in [3.05, 3.63) is 71.3 Å². The molecule has 1 nitrogen and oxygen atoms in total. The molecule has 2 N–H and O–H groups in total. The van der Waals surface area contributed by atoms with E-state index in [9.17, 15) is 0 Å². The van der Waals surface area contributed by atoms with Gasteiger partial charge in [-0.3, -0.25) is 0 Å². The van der Waals surface area contributed by atoms with Crippen molar-refractivity contribution in [1.29, 1.82) is 0 Å². The van der Waals surface area contributed by atoms with Gasteiger partial charge in [-0.2, -0.15) is 0 Å². The van der Waals surface area contributed by atoms with E-state index in [-0.39, 0.29) is 5.54 Å². The van der Waals surface area contributed by atoms with Gasteiger partial charge in [0.05, 0.1) is 5.54 Å². The fraction of sp³-hybridized carbons (Fsp3) is 0.250. The van der Waals surface area contributed by atoms with Crippen LogP contribution in [0, 0.1) is 6.92 Å². The quantitative estimate of drug-likeness (QED) is 0.848.